The Labute approximate surface area is 280 Å². The number of nitrogens with zero attached hydrogens (tertiary/aromatic N) is 2. The van der Waals surface area contributed by atoms with E-state index < -0.39 is 85.0 Å². The number of rotatable bonds is 5. The van der Waals surface area contributed by atoms with Gasteiger partial charge in [0.25, 0.3) is 15.9 Å². The van der Waals surface area contributed by atoms with Gasteiger partial charge in [0.1, 0.15) is 28.6 Å². The van der Waals surface area contributed by atoms with E-state index in [0.29, 0.717) is 11.4 Å². The molecule has 0 saturated carbocycles. The number of carbonyl (C=O) groups is 3. The lowest BCUT2D eigenvalue weighted by Crippen LogP contribution is -2.65. The SMILES string of the molecule is CN(C)[C@@H]1C(O)=C(C(N)=O)C(=O)[C@@]2(O)C(O)=C3C(=O)c4c(O)cccc4[C@@](C)(O)[C@H]3C[C@@H]12.Cc1cc(NS(=O)(=O)c2ccc(N)cc2)no1. The van der Waals surface area contributed by atoms with Crippen LogP contribution in [0, 0.1) is 18.8 Å². The van der Waals surface area contributed by atoms with Crippen molar-refractivity contribution in [3.8, 4) is 5.75 Å². The third-order valence-electron chi connectivity index (χ3n) is 9.08. The molecule has 0 bridgehead atoms. The van der Waals surface area contributed by atoms with Gasteiger partial charge < -0.3 is 41.5 Å². The molecule has 5 atom stereocenters. The number of aliphatic hydroxyl groups excluding tert-OH is 2. The summed E-state index contributed by atoms with van der Waals surface area (Å²) >= 11 is 0. The molecule has 1 aromatic heterocycles. The van der Waals surface area contributed by atoms with Crippen LogP contribution in [0.25, 0.3) is 0 Å². The first-order valence-electron chi connectivity index (χ1n) is 14.8. The fraction of sp³-hybridized carbons (Fsp3) is 0.312. The maximum Gasteiger partial charge on any atom is 0.263 e. The first-order chi connectivity index (χ1) is 22.7. The van der Waals surface area contributed by atoms with Crippen molar-refractivity contribution >= 4 is 39.0 Å². The van der Waals surface area contributed by atoms with Crippen LogP contribution in [0.3, 0.4) is 0 Å². The first-order valence-corrected chi connectivity index (χ1v) is 16.2. The zero-order valence-electron chi connectivity index (χ0n) is 26.7. The summed E-state index contributed by atoms with van der Waals surface area (Å²) in [7, 11) is -0.582. The highest BCUT2D eigenvalue weighted by Crippen LogP contribution is 2.56. The molecule has 1 heterocycles. The van der Waals surface area contributed by atoms with Gasteiger partial charge in [0.15, 0.2) is 17.2 Å². The van der Waals surface area contributed by atoms with Gasteiger partial charge in [-0.1, -0.05) is 17.3 Å². The van der Waals surface area contributed by atoms with Gasteiger partial charge in [-0.25, -0.2) is 8.42 Å². The highest BCUT2D eigenvalue weighted by Gasteiger charge is 2.65. The minimum atomic E-state index is -3.64. The average Bonchev–Trinajstić information content (AvgIpc) is 3.41. The van der Waals surface area contributed by atoms with Gasteiger partial charge in [0.05, 0.1) is 22.1 Å². The van der Waals surface area contributed by atoms with Crippen LogP contribution in [0.4, 0.5) is 11.5 Å². The summed E-state index contributed by atoms with van der Waals surface area (Å²) in [6.07, 6.45) is -0.200. The van der Waals surface area contributed by atoms with Crippen molar-refractivity contribution in [1.29, 1.82) is 0 Å². The Hall–Kier alpha value is -5.23. The van der Waals surface area contributed by atoms with Crippen molar-refractivity contribution in [2.75, 3.05) is 24.6 Å². The number of phenolic OH excluding ortho intramolecular Hbond substituents is 1. The molecular formula is C32H35N5O11S. The molecule has 0 unspecified atom stereocenters. The number of hydrogen-bond donors (Lipinski definition) is 8. The number of fused-ring (bicyclic) bond motifs is 3. The third kappa shape index (κ3) is 5.59. The number of phenols is 1. The second-order valence-corrected chi connectivity index (χ2v) is 14.1. The number of aromatic nitrogens is 1. The Balaban J connectivity index is 0.000000232. The van der Waals surface area contributed by atoms with E-state index in [4.69, 9.17) is 16.0 Å². The normalized spacial score (nSPS) is 26.4. The summed E-state index contributed by atoms with van der Waals surface area (Å²) in [6.45, 7) is 3.08. The number of amides is 1. The van der Waals surface area contributed by atoms with E-state index in [9.17, 15) is 48.3 Å². The van der Waals surface area contributed by atoms with E-state index >= 15 is 0 Å². The summed E-state index contributed by atoms with van der Waals surface area (Å²) in [4.78, 5) is 40.0. The lowest BCUT2D eigenvalue weighted by Gasteiger charge is -2.52. The fourth-order valence-electron chi connectivity index (χ4n) is 6.77. The lowest BCUT2D eigenvalue weighted by atomic mass is 9.55. The molecule has 3 aromatic rings. The van der Waals surface area contributed by atoms with Gasteiger partial charge in [0, 0.05) is 29.2 Å². The largest absolute Gasteiger partial charge is 0.510 e. The number of aliphatic hydroxyl groups is 4. The fourth-order valence-corrected chi connectivity index (χ4v) is 7.75. The third-order valence-corrected chi connectivity index (χ3v) is 10.5. The summed E-state index contributed by atoms with van der Waals surface area (Å²) in [6, 6.07) is 10.4. The molecule has 0 radical (unpaired) electrons. The van der Waals surface area contributed by atoms with Gasteiger partial charge in [-0.2, -0.15) is 0 Å². The zero-order valence-corrected chi connectivity index (χ0v) is 27.5. The van der Waals surface area contributed by atoms with E-state index in [1.54, 1.807) is 6.92 Å². The molecule has 3 aliphatic rings. The van der Waals surface area contributed by atoms with Crippen molar-refractivity contribution in [1.82, 2.24) is 10.1 Å². The summed E-state index contributed by atoms with van der Waals surface area (Å²) in [5.74, 6) is -7.21. The van der Waals surface area contributed by atoms with Crippen LogP contribution in [0.2, 0.25) is 0 Å². The van der Waals surface area contributed by atoms with Crippen molar-refractivity contribution in [2.24, 2.45) is 17.6 Å². The minimum Gasteiger partial charge on any atom is -0.510 e. The molecule has 17 heteroatoms. The number of ketones is 2. The standard InChI is InChI=1S/C22H24N2O8.C10H11N3O3S/c1-21(31)8-5-4-6-11(25)12(8)16(26)13-9(21)7-10-15(24(2)3)17(27)14(20(23)30)19(29)22(10,32)18(13)28;1-7-6-10(12-16-7)13-17(14,15)9-4-2-8(11)3-5-9/h4-6,9-10,15,25,27-28,31-32H,7H2,1-3H3,(H2,23,30);2-6H,11H2,1H3,(H,12,13)/t9-,10-,15-,21+,22-;/m0./s1. The molecule has 10 N–H and O–H groups in total. The second-order valence-electron chi connectivity index (χ2n) is 12.5. The van der Waals surface area contributed by atoms with Crippen LogP contribution < -0.4 is 16.2 Å². The number of nitrogens with two attached hydrogens (primary N) is 2. The number of hydrogen-bond acceptors (Lipinski definition) is 14. The highest BCUT2D eigenvalue weighted by molar-refractivity contribution is 7.92. The van der Waals surface area contributed by atoms with Gasteiger partial charge in [-0.3, -0.25) is 24.0 Å². The topological polar surface area (TPSA) is 280 Å². The van der Waals surface area contributed by atoms with Gasteiger partial charge in [-0.05, 0) is 70.3 Å². The number of primary amides is 1. The van der Waals surface area contributed by atoms with E-state index in [-0.39, 0.29) is 28.3 Å². The van der Waals surface area contributed by atoms with Crippen LogP contribution in [0.1, 0.15) is 35.0 Å². The summed E-state index contributed by atoms with van der Waals surface area (Å²) < 4.78 is 30.8. The number of nitrogens with one attached hydrogen (secondary N) is 1. The van der Waals surface area contributed by atoms with E-state index in [2.05, 4.69) is 9.88 Å². The van der Waals surface area contributed by atoms with Gasteiger partial charge in [0.2, 0.25) is 5.78 Å². The maximum atomic E-state index is 13.3. The molecular weight excluding hydrogens is 662 g/mol. The molecule has 0 fully saturated rings. The molecule has 16 nitrogen and oxygen atoms in total. The van der Waals surface area contributed by atoms with Crippen LogP contribution in [0.15, 0.2) is 80.6 Å². The first kappa shape index (κ1) is 35.1. The number of carbonyl (C=O) groups excluding carboxylic acids is 3. The van der Waals surface area contributed by atoms with E-state index in [1.807, 2.05) is 0 Å². The Morgan fingerprint density at radius 3 is 2.27 bits per heavy atom. The maximum absolute atomic E-state index is 13.3. The molecule has 6 rings (SSSR count). The Morgan fingerprint density at radius 2 is 1.71 bits per heavy atom. The van der Waals surface area contributed by atoms with E-state index in [1.165, 1.54) is 74.4 Å². The summed E-state index contributed by atoms with van der Waals surface area (Å²) in [5.41, 5.74) is 5.33. The number of anilines is 2. The van der Waals surface area contributed by atoms with Gasteiger partial charge >= 0.3 is 0 Å². The molecule has 49 heavy (non-hydrogen) atoms. The molecule has 260 valence electrons. The predicted molar refractivity (Wildman–Crippen MR) is 172 cm³/mol. The van der Waals surface area contributed by atoms with Crippen molar-refractivity contribution < 1.29 is 52.9 Å². The smallest absolute Gasteiger partial charge is 0.263 e. The van der Waals surface area contributed by atoms with Crippen LogP contribution >= 0.6 is 0 Å². The molecule has 0 saturated heterocycles. The number of nitrogen functional groups attached to an aromatic ring is 1. The predicted octanol–water partition coefficient (Wildman–Crippen LogP) is 1.15. The molecule has 0 aliphatic heterocycles. The Morgan fingerprint density at radius 1 is 1.08 bits per heavy atom. The number of sulfonamides is 1. The summed E-state index contributed by atoms with van der Waals surface area (Å²) in [5, 5.41) is 58.6. The highest BCUT2D eigenvalue weighted by atomic mass is 32.2. The van der Waals surface area contributed by atoms with Crippen LogP contribution in [-0.4, -0.2) is 87.2 Å². The van der Waals surface area contributed by atoms with Crippen molar-refractivity contribution in [3.05, 3.63) is 88.1 Å². The number of aromatic hydroxyl groups is 1. The average molecular weight is 698 g/mol. The van der Waals surface area contributed by atoms with Crippen molar-refractivity contribution in [2.45, 2.75) is 42.4 Å². The van der Waals surface area contributed by atoms with Crippen LogP contribution in [0.5, 0.6) is 5.75 Å². The minimum absolute atomic E-state index is 0.118. The Bertz CT molecular complexity index is 2050. The Kier molecular flexibility index (Phi) is 8.61. The zero-order chi connectivity index (χ0) is 36.4. The van der Waals surface area contributed by atoms with Crippen molar-refractivity contribution in [3.63, 3.8) is 0 Å². The van der Waals surface area contributed by atoms with E-state index in [0.717, 1.165) is 0 Å². The van der Waals surface area contributed by atoms with Crippen LogP contribution in [-0.2, 0) is 25.2 Å². The lowest BCUT2D eigenvalue weighted by molar-refractivity contribution is -0.151. The quantitative estimate of drug-likeness (QED) is 0.137. The molecule has 0 spiro atoms. The number of likely N-dealkylation sites (N-methyl/N-ethyl adjacent to an activating group) is 1. The molecule has 3 aliphatic carbocycles. The molecule has 2 aromatic carbocycles. The van der Waals surface area contributed by atoms with Gasteiger partial charge in [-0.15, -0.1) is 0 Å². The monoisotopic (exact) mass is 697 g/mol. The number of Topliss-reactive ketones (excluding diaryl/α,β-unsaturated/α-hetero) is 2. The number of benzene rings is 2. The number of aryl methyl sites for hydroxylation is 1. The second kappa shape index (κ2) is 12.0. The molecule has 1 amide bonds.